The maximum Gasteiger partial charge on any atom is 0.132 e. The van der Waals surface area contributed by atoms with Crippen LogP contribution >= 0.6 is 0 Å². The lowest BCUT2D eigenvalue weighted by Crippen LogP contribution is -2.17. The first-order chi connectivity index (χ1) is 5.02. The highest BCUT2D eigenvalue weighted by molar-refractivity contribution is 5.91. The van der Waals surface area contributed by atoms with Crippen LogP contribution in [0.15, 0.2) is 22.3 Å². The second-order valence-corrected chi connectivity index (χ2v) is 3.34. The molecule has 0 radical (unpaired) electrons. The molecule has 0 atom stereocenters. The van der Waals surface area contributed by atoms with Gasteiger partial charge < -0.3 is 0 Å². The Morgan fingerprint density at radius 2 is 1.91 bits per heavy atom. The van der Waals surface area contributed by atoms with Gasteiger partial charge in [0.2, 0.25) is 0 Å². The molecule has 0 unspecified atom stereocenters. The van der Waals surface area contributed by atoms with Crippen LogP contribution in [0, 0.1) is 5.41 Å². The fourth-order valence-electron chi connectivity index (χ4n) is 0.617. The van der Waals surface area contributed by atoms with E-state index >= 15 is 0 Å². The van der Waals surface area contributed by atoms with Crippen molar-refractivity contribution >= 4 is 12.6 Å². The van der Waals surface area contributed by atoms with Gasteiger partial charge in [0, 0.05) is 11.6 Å². The topological polar surface area (TPSA) is 24.7 Å². The van der Waals surface area contributed by atoms with Crippen LogP contribution in [0.1, 0.15) is 27.7 Å². The first-order valence-corrected chi connectivity index (χ1v) is 3.68. The van der Waals surface area contributed by atoms with E-state index in [0.29, 0.717) is 0 Å². The zero-order chi connectivity index (χ0) is 8.91. The van der Waals surface area contributed by atoms with E-state index in [9.17, 15) is 0 Å². The van der Waals surface area contributed by atoms with E-state index in [1.165, 1.54) is 0 Å². The molecule has 0 aromatic rings. The summed E-state index contributed by atoms with van der Waals surface area (Å²) in [5.41, 5.74) is -0.0126. The number of aliphatic imine (C=N–C) groups is 2. The number of allylic oxidation sites excluding steroid dienone is 1. The maximum atomic E-state index is 4.14. The van der Waals surface area contributed by atoms with Crippen molar-refractivity contribution in [3.63, 3.8) is 0 Å². The predicted octanol–water partition coefficient (Wildman–Crippen LogP) is 2.67. The van der Waals surface area contributed by atoms with E-state index in [1.807, 2.05) is 13.0 Å². The molecule has 0 spiro atoms. The number of hydrogen-bond acceptors (Lipinski definition) is 1. The molecule has 0 aromatic carbocycles. The molecule has 0 saturated carbocycles. The number of rotatable bonds is 1. The van der Waals surface area contributed by atoms with Gasteiger partial charge in [-0.15, -0.1) is 0 Å². The SMILES string of the molecule is C=N/C(=N\C=C/C)C(C)(C)C. The van der Waals surface area contributed by atoms with Gasteiger partial charge >= 0.3 is 0 Å². The molecule has 0 saturated heterocycles. The molecule has 11 heavy (non-hydrogen) atoms. The third-order valence-electron chi connectivity index (χ3n) is 1.17. The van der Waals surface area contributed by atoms with Gasteiger partial charge in [0.15, 0.2) is 0 Å². The molecule has 0 aliphatic rings. The Labute approximate surface area is 68.8 Å². The summed E-state index contributed by atoms with van der Waals surface area (Å²) in [7, 11) is 0. The lowest BCUT2D eigenvalue weighted by atomic mass is 9.95. The summed E-state index contributed by atoms with van der Waals surface area (Å²) in [6.07, 6.45) is 3.60. The number of hydrogen-bond donors (Lipinski definition) is 0. The summed E-state index contributed by atoms with van der Waals surface area (Å²) >= 11 is 0. The van der Waals surface area contributed by atoms with E-state index in [2.05, 4.69) is 37.5 Å². The molecule has 0 aromatic heterocycles. The van der Waals surface area contributed by atoms with Crippen molar-refractivity contribution in [2.24, 2.45) is 15.4 Å². The molecule has 0 aliphatic heterocycles. The Morgan fingerprint density at radius 1 is 1.36 bits per heavy atom. The zero-order valence-corrected chi connectivity index (χ0v) is 7.76. The monoisotopic (exact) mass is 152 g/mol. The Hall–Kier alpha value is -0.920. The van der Waals surface area contributed by atoms with E-state index in [1.54, 1.807) is 6.20 Å². The summed E-state index contributed by atoms with van der Waals surface area (Å²) in [4.78, 5) is 7.98. The number of amidine groups is 1. The second kappa shape index (κ2) is 4.06. The molecule has 2 heteroatoms. The third-order valence-corrected chi connectivity index (χ3v) is 1.17. The minimum absolute atomic E-state index is 0.0126. The van der Waals surface area contributed by atoms with Gasteiger partial charge in [-0.1, -0.05) is 26.8 Å². The Balaban J connectivity index is 4.53. The van der Waals surface area contributed by atoms with Crippen molar-refractivity contribution in [3.8, 4) is 0 Å². The minimum Gasteiger partial charge on any atom is -0.249 e. The lowest BCUT2D eigenvalue weighted by molar-refractivity contribution is 0.585. The molecule has 0 amide bonds. The standard InChI is InChI=1S/C9H16N2/c1-6-7-11-8(10-5)9(2,3)4/h6-7H,5H2,1-4H3/b7-6-,11-8-. The van der Waals surface area contributed by atoms with Gasteiger partial charge in [0.05, 0.1) is 0 Å². The Bertz CT molecular complexity index is 182. The van der Waals surface area contributed by atoms with Gasteiger partial charge in [-0.05, 0) is 13.6 Å². The second-order valence-electron chi connectivity index (χ2n) is 3.34. The summed E-state index contributed by atoms with van der Waals surface area (Å²) in [5.74, 6) is 0.774. The molecule has 0 aliphatic carbocycles. The van der Waals surface area contributed by atoms with E-state index in [-0.39, 0.29) is 5.41 Å². The summed E-state index contributed by atoms with van der Waals surface area (Å²) < 4.78 is 0. The first-order valence-electron chi connectivity index (χ1n) is 3.68. The van der Waals surface area contributed by atoms with Crippen LogP contribution in [0.2, 0.25) is 0 Å². The molecule has 2 nitrogen and oxygen atoms in total. The predicted molar refractivity (Wildman–Crippen MR) is 51.3 cm³/mol. The van der Waals surface area contributed by atoms with E-state index in [0.717, 1.165) is 5.84 Å². The van der Waals surface area contributed by atoms with Gasteiger partial charge in [0.25, 0.3) is 0 Å². The Kier molecular flexibility index (Phi) is 3.72. The molecule has 0 fully saturated rings. The lowest BCUT2D eigenvalue weighted by Gasteiger charge is -2.16. The minimum atomic E-state index is -0.0126. The first kappa shape index (κ1) is 10.1. The van der Waals surface area contributed by atoms with Crippen molar-refractivity contribution in [1.82, 2.24) is 0 Å². The van der Waals surface area contributed by atoms with Crippen LogP contribution in [0.5, 0.6) is 0 Å². The normalized spacial score (nSPS) is 14.0. The molecule has 0 bridgehead atoms. The third kappa shape index (κ3) is 3.71. The van der Waals surface area contributed by atoms with Crippen LogP contribution in [0.4, 0.5) is 0 Å². The average Bonchev–Trinajstić information content (AvgIpc) is 1.87. The molecule has 0 rings (SSSR count). The van der Waals surface area contributed by atoms with Crippen LogP contribution < -0.4 is 0 Å². The molecular weight excluding hydrogens is 136 g/mol. The van der Waals surface area contributed by atoms with Gasteiger partial charge in [-0.3, -0.25) is 0 Å². The summed E-state index contributed by atoms with van der Waals surface area (Å²) in [6.45, 7) is 11.6. The van der Waals surface area contributed by atoms with Crippen LogP contribution in [-0.2, 0) is 0 Å². The zero-order valence-electron chi connectivity index (χ0n) is 7.76. The van der Waals surface area contributed by atoms with E-state index < -0.39 is 0 Å². The Morgan fingerprint density at radius 3 is 2.18 bits per heavy atom. The van der Waals surface area contributed by atoms with Gasteiger partial charge in [-0.2, -0.15) is 0 Å². The maximum absolute atomic E-state index is 4.14. The summed E-state index contributed by atoms with van der Waals surface area (Å²) in [6, 6.07) is 0. The molecule has 62 valence electrons. The largest absolute Gasteiger partial charge is 0.249 e. The van der Waals surface area contributed by atoms with Crippen molar-refractivity contribution < 1.29 is 0 Å². The quantitative estimate of drug-likeness (QED) is 0.407. The van der Waals surface area contributed by atoms with Crippen LogP contribution in [0.3, 0.4) is 0 Å². The van der Waals surface area contributed by atoms with Crippen molar-refractivity contribution in [3.05, 3.63) is 12.3 Å². The fourth-order valence-corrected chi connectivity index (χ4v) is 0.617. The van der Waals surface area contributed by atoms with Crippen molar-refractivity contribution in [2.75, 3.05) is 0 Å². The van der Waals surface area contributed by atoms with Crippen LogP contribution in [-0.4, -0.2) is 12.6 Å². The van der Waals surface area contributed by atoms with E-state index in [4.69, 9.17) is 0 Å². The fraction of sp³-hybridized carbons (Fsp3) is 0.556. The van der Waals surface area contributed by atoms with Crippen LogP contribution in [0.25, 0.3) is 0 Å². The average molecular weight is 152 g/mol. The summed E-state index contributed by atoms with van der Waals surface area (Å²) in [5, 5.41) is 0. The van der Waals surface area contributed by atoms with Gasteiger partial charge in [-0.25, -0.2) is 9.98 Å². The van der Waals surface area contributed by atoms with Crippen molar-refractivity contribution in [1.29, 1.82) is 0 Å². The highest BCUT2D eigenvalue weighted by Gasteiger charge is 2.16. The number of nitrogens with zero attached hydrogens (tertiary/aromatic N) is 2. The molecule has 0 heterocycles. The highest BCUT2D eigenvalue weighted by Crippen LogP contribution is 2.16. The smallest absolute Gasteiger partial charge is 0.132 e. The van der Waals surface area contributed by atoms with Crippen molar-refractivity contribution in [2.45, 2.75) is 27.7 Å². The van der Waals surface area contributed by atoms with Gasteiger partial charge in [0.1, 0.15) is 5.84 Å². The highest BCUT2D eigenvalue weighted by atomic mass is 14.9. The molecular formula is C9H16N2. The molecule has 0 N–H and O–H groups in total.